The lowest BCUT2D eigenvalue weighted by molar-refractivity contribution is -0.0540. The van der Waals surface area contributed by atoms with Crippen molar-refractivity contribution >= 4 is 0 Å². The predicted octanol–water partition coefficient (Wildman–Crippen LogP) is 2.02. The molecule has 0 N–H and O–H groups in total. The number of ether oxygens (including phenoxy) is 2. The van der Waals surface area contributed by atoms with Gasteiger partial charge in [-0.15, -0.1) is 0 Å². The molecule has 2 fully saturated rings. The van der Waals surface area contributed by atoms with Crippen LogP contribution in [-0.4, -0.2) is 51.1 Å². The van der Waals surface area contributed by atoms with Crippen molar-refractivity contribution < 1.29 is 9.47 Å². The van der Waals surface area contributed by atoms with E-state index >= 15 is 0 Å². The molecule has 128 valence electrons. The van der Waals surface area contributed by atoms with Crippen molar-refractivity contribution in [2.24, 2.45) is 7.05 Å². The third-order valence-electron chi connectivity index (χ3n) is 4.89. The molecule has 0 unspecified atom stereocenters. The molecule has 2 aliphatic heterocycles. The van der Waals surface area contributed by atoms with E-state index < -0.39 is 0 Å². The fourth-order valence-electron chi connectivity index (χ4n) is 3.87. The minimum absolute atomic E-state index is 0.0695. The minimum atomic E-state index is -0.0695. The van der Waals surface area contributed by atoms with Crippen molar-refractivity contribution in [3.05, 3.63) is 42.5 Å². The Hall–Kier alpha value is -1.92. The fourth-order valence-corrected chi connectivity index (χ4v) is 3.87. The van der Waals surface area contributed by atoms with Crippen LogP contribution in [0.4, 0.5) is 0 Å². The highest BCUT2D eigenvalue weighted by molar-refractivity contribution is 5.16. The van der Waals surface area contributed by atoms with Gasteiger partial charge in [-0.05, 0) is 37.6 Å². The molecule has 24 heavy (non-hydrogen) atoms. The van der Waals surface area contributed by atoms with E-state index in [1.165, 1.54) is 0 Å². The maximum Gasteiger partial charge on any atom is 0.138 e. The van der Waals surface area contributed by atoms with Crippen LogP contribution in [0.5, 0.6) is 5.75 Å². The van der Waals surface area contributed by atoms with E-state index in [2.05, 4.69) is 21.0 Å². The highest BCUT2D eigenvalue weighted by Gasteiger charge is 2.44. The lowest BCUT2D eigenvalue weighted by Gasteiger charge is -2.39. The maximum absolute atomic E-state index is 6.23. The smallest absolute Gasteiger partial charge is 0.138 e. The second-order valence-corrected chi connectivity index (χ2v) is 6.92. The SMILES string of the molecule is Cn1ccc(CN2CCC[C@@]3(C[C@@H](Oc4cccnc4)CO3)C2)n1. The summed E-state index contributed by atoms with van der Waals surface area (Å²) in [5.41, 5.74) is 1.05. The number of rotatable bonds is 4. The molecule has 2 aromatic rings. The van der Waals surface area contributed by atoms with Crippen LogP contribution in [0.3, 0.4) is 0 Å². The Morgan fingerprint density at radius 1 is 1.42 bits per heavy atom. The van der Waals surface area contributed by atoms with Gasteiger partial charge < -0.3 is 9.47 Å². The van der Waals surface area contributed by atoms with E-state index in [0.717, 1.165) is 50.3 Å². The number of pyridine rings is 1. The number of aryl methyl sites for hydroxylation is 1. The number of hydrogen-bond donors (Lipinski definition) is 0. The zero-order valence-corrected chi connectivity index (χ0v) is 14.1. The van der Waals surface area contributed by atoms with Crippen molar-refractivity contribution in [1.82, 2.24) is 19.7 Å². The highest BCUT2D eigenvalue weighted by Crippen LogP contribution is 2.36. The maximum atomic E-state index is 6.23. The first-order valence-electron chi connectivity index (χ1n) is 8.62. The topological polar surface area (TPSA) is 52.4 Å². The average molecular weight is 328 g/mol. The fraction of sp³-hybridized carbons (Fsp3) is 0.556. The van der Waals surface area contributed by atoms with Crippen molar-refractivity contribution in [3.63, 3.8) is 0 Å². The molecule has 0 saturated carbocycles. The molecule has 0 radical (unpaired) electrons. The van der Waals surface area contributed by atoms with Crippen molar-refractivity contribution in [2.45, 2.75) is 37.5 Å². The van der Waals surface area contributed by atoms with Gasteiger partial charge in [0.15, 0.2) is 0 Å². The molecule has 0 aliphatic carbocycles. The molecule has 0 bridgehead atoms. The molecular formula is C18H24N4O2. The number of nitrogens with zero attached hydrogens (tertiary/aromatic N) is 4. The Kier molecular flexibility index (Phi) is 4.24. The van der Waals surface area contributed by atoms with Crippen LogP contribution in [0.15, 0.2) is 36.8 Å². The largest absolute Gasteiger partial charge is 0.486 e. The van der Waals surface area contributed by atoms with Crippen LogP contribution in [0.1, 0.15) is 25.0 Å². The standard InChI is InChI=1S/C18H24N4O2/c1-21-9-5-15(20-21)12-22-8-3-6-18(14-22)10-17(13-23-18)24-16-4-2-7-19-11-16/h2,4-5,7,9,11,17H,3,6,8,10,12-14H2,1H3/t17-,18-/m1/s1. The highest BCUT2D eigenvalue weighted by atomic mass is 16.6. The predicted molar refractivity (Wildman–Crippen MR) is 89.7 cm³/mol. The summed E-state index contributed by atoms with van der Waals surface area (Å²) in [4.78, 5) is 6.57. The van der Waals surface area contributed by atoms with Gasteiger partial charge in [-0.1, -0.05) is 0 Å². The summed E-state index contributed by atoms with van der Waals surface area (Å²) in [5.74, 6) is 0.823. The monoisotopic (exact) mass is 328 g/mol. The molecule has 1 spiro atoms. The van der Waals surface area contributed by atoms with Gasteiger partial charge >= 0.3 is 0 Å². The zero-order valence-electron chi connectivity index (χ0n) is 14.1. The average Bonchev–Trinajstić information content (AvgIpc) is 3.15. The number of hydrogen-bond acceptors (Lipinski definition) is 5. The van der Waals surface area contributed by atoms with Gasteiger partial charge in [-0.3, -0.25) is 14.6 Å². The van der Waals surface area contributed by atoms with E-state index in [9.17, 15) is 0 Å². The Balaban J connectivity index is 1.36. The van der Waals surface area contributed by atoms with Crippen LogP contribution in [0, 0.1) is 0 Å². The van der Waals surface area contributed by atoms with Gasteiger partial charge in [0.2, 0.25) is 0 Å². The molecule has 4 heterocycles. The molecule has 2 atom stereocenters. The Morgan fingerprint density at radius 2 is 2.38 bits per heavy atom. The number of likely N-dealkylation sites (tertiary alicyclic amines) is 1. The molecule has 0 amide bonds. The molecule has 2 aliphatic rings. The molecule has 2 aromatic heterocycles. The molecule has 0 aromatic carbocycles. The van der Waals surface area contributed by atoms with Gasteiger partial charge in [0, 0.05) is 39.0 Å². The number of aromatic nitrogens is 3. The van der Waals surface area contributed by atoms with Crippen molar-refractivity contribution in [3.8, 4) is 5.75 Å². The summed E-state index contributed by atoms with van der Waals surface area (Å²) in [6.07, 6.45) is 8.85. The summed E-state index contributed by atoms with van der Waals surface area (Å²) >= 11 is 0. The third kappa shape index (κ3) is 3.44. The van der Waals surface area contributed by atoms with Crippen LogP contribution >= 0.6 is 0 Å². The van der Waals surface area contributed by atoms with Crippen LogP contribution in [0.2, 0.25) is 0 Å². The van der Waals surface area contributed by atoms with Gasteiger partial charge in [0.25, 0.3) is 0 Å². The Labute approximate surface area is 142 Å². The van der Waals surface area contributed by atoms with Crippen molar-refractivity contribution in [1.29, 1.82) is 0 Å². The minimum Gasteiger partial charge on any atom is -0.486 e. The molecule has 2 saturated heterocycles. The zero-order chi connectivity index (χ0) is 16.4. The summed E-state index contributed by atoms with van der Waals surface area (Å²) in [6, 6.07) is 5.94. The molecular weight excluding hydrogens is 304 g/mol. The normalized spacial score (nSPS) is 27.6. The van der Waals surface area contributed by atoms with Gasteiger partial charge in [0.1, 0.15) is 11.9 Å². The molecule has 6 heteroatoms. The van der Waals surface area contributed by atoms with Crippen molar-refractivity contribution in [2.75, 3.05) is 19.7 Å². The van der Waals surface area contributed by atoms with Crippen LogP contribution in [-0.2, 0) is 18.3 Å². The first-order chi connectivity index (χ1) is 11.7. The summed E-state index contributed by atoms with van der Waals surface area (Å²) in [6.45, 7) is 3.61. The van der Waals surface area contributed by atoms with E-state index in [0.29, 0.717) is 6.61 Å². The van der Waals surface area contributed by atoms with Crippen LogP contribution < -0.4 is 4.74 Å². The summed E-state index contributed by atoms with van der Waals surface area (Å²) in [5, 5.41) is 4.49. The second kappa shape index (κ2) is 6.53. The van der Waals surface area contributed by atoms with E-state index in [1.54, 1.807) is 12.4 Å². The summed E-state index contributed by atoms with van der Waals surface area (Å²) in [7, 11) is 1.96. The molecule has 4 rings (SSSR count). The first-order valence-corrected chi connectivity index (χ1v) is 8.62. The van der Waals surface area contributed by atoms with E-state index in [1.807, 2.05) is 30.1 Å². The van der Waals surface area contributed by atoms with E-state index in [-0.39, 0.29) is 11.7 Å². The lowest BCUT2D eigenvalue weighted by atomic mass is 9.89. The Bertz CT molecular complexity index is 675. The lowest BCUT2D eigenvalue weighted by Crippen LogP contribution is -2.47. The van der Waals surface area contributed by atoms with Gasteiger partial charge in [0.05, 0.1) is 24.1 Å². The van der Waals surface area contributed by atoms with Gasteiger partial charge in [-0.25, -0.2) is 0 Å². The van der Waals surface area contributed by atoms with E-state index in [4.69, 9.17) is 9.47 Å². The van der Waals surface area contributed by atoms with Crippen LogP contribution in [0.25, 0.3) is 0 Å². The third-order valence-corrected chi connectivity index (χ3v) is 4.89. The Morgan fingerprint density at radius 3 is 3.17 bits per heavy atom. The molecule has 6 nitrogen and oxygen atoms in total. The quantitative estimate of drug-likeness (QED) is 0.859. The van der Waals surface area contributed by atoms with Gasteiger partial charge in [-0.2, -0.15) is 5.10 Å². The second-order valence-electron chi connectivity index (χ2n) is 6.92. The summed E-state index contributed by atoms with van der Waals surface area (Å²) < 4.78 is 14.1. The first kappa shape index (κ1) is 15.6. The number of piperidine rings is 1.